The van der Waals surface area contributed by atoms with Crippen molar-refractivity contribution in [2.75, 3.05) is 28.4 Å². The molecule has 0 bridgehead atoms. The van der Waals surface area contributed by atoms with Crippen LogP contribution in [-0.2, 0) is 16.0 Å². The monoisotopic (exact) mass is 515 g/mol. The van der Waals surface area contributed by atoms with Gasteiger partial charge in [0.05, 0.1) is 25.2 Å². The molecule has 1 aliphatic rings. The molecule has 0 fully saturated rings. The van der Waals surface area contributed by atoms with Crippen LogP contribution in [0.4, 0.5) is 5.69 Å². The molecule has 13 heteroatoms. The van der Waals surface area contributed by atoms with Gasteiger partial charge in [-0.15, -0.1) is 4.99 Å². The standard InChI is InChI=1S/C24H29N5O8/c1-24(22(35-4)36-5)21(30)20(16-11-15(29(31)32)7-9-17(16)37-24)28-23(27-13-25)26-12-14-6-8-18(33-2)19(10-14)34-3/h6-11,20-22,30H,12H2,1-5H3,(H2,26,27,28). The van der Waals surface area contributed by atoms with E-state index >= 15 is 0 Å². The first-order valence-corrected chi connectivity index (χ1v) is 11.1. The van der Waals surface area contributed by atoms with Gasteiger partial charge in [0, 0.05) is 38.5 Å². The van der Waals surface area contributed by atoms with Crippen LogP contribution in [0.3, 0.4) is 0 Å². The van der Waals surface area contributed by atoms with Gasteiger partial charge in [0.25, 0.3) is 5.69 Å². The number of aliphatic imine (C=N–C) groups is 1. The van der Waals surface area contributed by atoms with Gasteiger partial charge in [0.1, 0.15) is 11.9 Å². The number of nitro benzene ring substituents is 1. The predicted molar refractivity (Wildman–Crippen MR) is 131 cm³/mol. The SMILES string of the molecule is COc1ccc(CNC(=NC#N)NC2c3cc([N+](=O)[O-])ccc3OC(C)(C(OC)OC)C2O)cc1OC. The summed E-state index contributed by atoms with van der Waals surface area (Å²) in [4.78, 5) is 14.7. The largest absolute Gasteiger partial charge is 0.493 e. The molecule has 3 rings (SSSR count). The molecule has 1 aliphatic heterocycles. The van der Waals surface area contributed by atoms with E-state index in [0.717, 1.165) is 5.56 Å². The van der Waals surface area contributed by atoms with Gasteiger partial charge in [0.2, 0.25) is 12.2 Å². The number of ether oxygens (including phenoxy) is 5. The maximum Gasteiger partial charge on any atom is 0.270 e. The van der Waals surface area contributed by atoms with E-state index in [4.69, 9.17) is 23.7 Å². The van der Waals surface area contributed by atoms with Crippen molar-refractivity contribution in [2.45, 2.75) is 37.5 Å². The molecule has 0 radical (unpaired) electrons. The van der Waals surface area contributed by atoms with E-state index < -0.39 is 29.0 Å². The van der Waals surface area contributed by atoms with Crippen molar-refractivity contribution >= 4 is 11.6 Å². The number of nitrogens with one attached hydrogen (secondary N) is 2. The minimum Gasteiger partial charge on any atom is -0.493 e. The third-order valence-corrected chi connectivity index (χ3v) is 6.03. The third-order valence-electron chi connectivity index (χ3n) is 6.03. The van der Waals surface area contributed by atoms with Crippen molar-refractivity contribution in [1.82, 2.24) is 10.6 Å². The lowest BCUT2D eigenvalue weighted by atomic mass is 9.84. The van der Waals surface area contributed by atoms with Crippen molar-refractivity contribution < 1.29 is 33.7 Å². The second kappa shape index (κ2) is 11.7. The maximum absolute atomic E-state index is 11.4. The lowest BCUT2D eigenvalue weighted by molar-refractivity contribution is -0.385. The van der Waals surface area contributed by atoms with Crippen molar-refractivity contribution in [1.29, 1.82) is 5.26 Å². The van der Waals surface area contributed by atoms with E-state index in [0.29, 0.717) is 17.1 Å². The number of aliphatic hydroxyl groups is 1. The van der Waals surface area contributed by atoms with Gasteiger partial charge in [-0.05, 0) is 30.7 Å². The molecule has 0 saturated carbocycles. The van der Waals surface area contributed by atoms with Crippen LogP contribution in [0.2, 0.25) is 0 Å². The lowest BCUT2D eigenvalue weighted by Gasteiger charge is -2.46. The minimum atomic E-state index is -1.43. The summed E-state index contributed by atoms with van der Waals surface area (Å²) in [5, 5.41) is 38.2. The van der Waals surface area contributed by atoms with E-state index in [-0.39, 0.29) is 23.9 Å². The number of rotatable bonds is 9. The number of nitro groups is 1. The number of non-ortho nitro benzene ring substituents is 1. The normalized spacial score (nSPS) is 20.9. The second-order valence-corrected chi connectivity index (χ2v) is 8.24. The molecule has 2 aromatic carbocycles. The van der Waals surface area contributed by atoms with Crippen LogP contribution >= 0.6 is 0 Å². The summed E-state index contributed by atoms with van der Waals surface area (Å²) in [7, 11) is 5.85. The smallest absolute Gasteiger partial charge is 0.270 e. The Balaban J connectivity index is 1.95. The Morgan fingerprint density at radius 2 is 1.92 bits per heavy atom. The van der Waals surface area contributed by atoms with Crippen LogP contribution in [-0.4, -0.2) is 62.4 Å². The summed E-state index contributed by atoms with van der Waals surface area (Å²) in [6, 6.07) is 8.34. The molecule has 0 saturated heterocycles. The van der Waals surface area contributed by atoms with Crippen molar-refractivity contribution in [3.05, 3.63) is 57.6 Å². The van der Waals surface area contributed by atoms with E-state index in [1.807, 2.05) is 0 Å². The number of hydrogen-bond acceptors (Lipinski definition) is 10. The van der Waals surface area contributed by atoms with Crippen LogP contribution in [0.1, 0.15) is 24.1 Å². The third kappa shape index (κ3) is 5.67. The van der Waals surface area contributed by atoms with Crippen molar-refractivity contribution in [3.63, 3.8) is 0 Å². The Bertz CT molecular complexity index is 1200. The van der Waals surface area contributed by atoms with E-state index in [9.17, 15) is 20.5 Å². The number of nitrogens with zero attached hydrogens (tertiary/aromatic N) is 3. The summed E-state index contributed by atoms with van der Waals surface area (Å²) in [6.45, 7) is 1.82. The Morgan fingerprint density at radius 1 is 1.22 bits per heavy atom. The fourth-order valence-corrected chi connectivity index (χ4v) is 4.19. The zero-order chi connectivity index (χ0) is 27.2. The zero-order valence-corrected chi connectivity index (χ0v) is 21.0. The molecule has 3 atom stereocenters. The summed E-state index contributed by atoms with van der Waals surface area (Å²) >= 11 is 0. The lowest BCUT2D eigenvalue weighted by Crippen LogP contribution is -2.62. The maximum atomic E-state index is 11.4. The minimum absolute atomic E-state index is 0.0226. The number of hydrogen-bond donors (Lipinski definition) is 3. The molecule has 0 aromatic heterocycles. The summed E-state index contributed by atoms with van der Waals surface area (Å²) in [5.74, 6) is 1.38. The molecule has 3 N–H and O–H groups in total. The van der Waals surface area contributed by atoms with Gasteiger partial charge in [-0.25, -0.2) is 0 Å². The highest BCUT2D eigenvalue weighted by atomic mass is 16.7. The Labute approximate surface area is 213 Å². The van der Waals surface area contributed by atoms with Crippen molar-refractivity contribution in [2.24, 2.45) is 4.99 Å². The molecule has 0 spiro atoms. The first-order chi connectivity index (χ1) is 17.7. The van der Waals surface area contributed by atoms with Gasteiger partial charge < -0.3 is 39.4 Å². The fourth-order valence-electron chi connectivity index (χ4n) is 4.19. The molecule has 198 valence electrons. The highest BCUT2D eigenvalue weighted by Crippen LogP contribution is 2.43. The number of guanidine groups is 1. The first-order valence-electron chi connectivity index (χ1n) is 11.1. The Hall–Kier alpha value is -4.12. The second-order valence-electron chi connectivity index (χ2n) is 8.24. The van der Waals surface area contributed by atoms with Gasteiger partial charge in [0.15, 0.2) is 23.4 Å². The quantitative estimate of drug-likeness (QED) is 0.111. The van der Waals surface area contributed by atoms with Gasteiger partial charge in [-0.2, -0.15) is 5.26 Å². The van der Waals surface area contributed by atoms with E-state index in [2.05, 4.69) is 15.6 Å². The van der Waals surface area contributed by atoms with Crippen molar-refractivity contribution in [3.8, 4) is 23.4 Å². The highest BCUT2D eigenvalue weighted by molar-refractivity contribution is 5.81. The highest BCUT2D eigenvalue weighted by Gasteiger charge is 2.52. The molecule has 3 unspecified atom stereocenters. The number of benzene rings is 2. The Kier molecular flexibility index (Phi) is 8.72. The molecule has 2 aromatic rings. The van der Waals surface area contributed by atoms with Gasteiger partial charge >= 0.3 is 0 Å². The molecule has 0 aliphatic carbocycles. The summed E-state index contributed by atoms with van der Waals surface area (Å²) < 4.78 is 27.4. The van der Waals surface area contributed by atoms with E-state index in [1.54, 1.807) is 31.3 Å². The Morgan fingerprint density at radius 3 is 2.51 bits per heavy atom. The number of fused-ring (bicyclic) bond motifs is 1. The summed E-state index contributed by atoms with van der Waals surface area (Å²) in [6.07, 6.45) is -0.626. The van der Waals surface area contributed by atoms with Crippen LogP contribution in [0.15, 0.2) is 41.4 Å². The molecule has 1 heterocycles. The van der Waals surface area contributed by atoms with E-state index in [1.165, 1.54) is 46.6 Å². The van der Waals surface area contributed by atoms with Crippen LogP contribution in [0.25, 0.3) is 0 Å². The number of aliphatic hydroxyl groups excluding tert-OH is 1. The van der Waals surface area contributed by atoms with Gasteiger partial charge in [-0.1, -0.05) is 6.07 Å². The number of nitriles is 1. The molecular weight excluding hydrogens is 486 g/mol. The average Bonchev–Trinajstić information content (AvgIpc) is 2.89. The van der Waals surface area contributed by atoms with Crippen LogP contribution in [0.5, 0.6) is 17.2 Å². The summed E-state index contributed by atoms with van der Waals surface area (Å²) in [5.41, 5.74) is -0.538. The van der Waals surface area contributed by atoms with Crippen LogP contribution < -0.4 is 24.8 Å². The first kappa shape index (κ1) is 27.5. The predicted octanol–water partition coefficient (Wildman–Crippen LogP) is 2.00. The van der Waals surface area contributed by atoms with Crippen LogP contribution in [0, 0.1) is 21.6 Å². The molecular formula is C24H29N5O8. The van der Waals surface area contributed by atoms with Gasteiger partial charge in [-0.3, -0.25) is 10.1 Å². The fraction of sp³-hybridized carbons (Fsp3) is 0.417. The number of methoxy groups -OCH3 is 4. The average molecular weight is 516 g/mol. The zero-order valence-electron chi connectivity index (χ0n) is 21.0. The molecule has 0 amide bonds. The molecule has 37 heavy (non-hydrogen) atoms. The molecule has 13 nitrogen and oxygen atoms in total. The topological polar surface area (TPSA) is 170 Å².